The van der Waals surface area contributed by atoms with Crippen LogP contribution in [-0.4, -0.2) is 45.2 Å². The van der Waals surface area contributed by atoms with Gasteiger partial charge in [-0.3, -0.25) is 9.59 Å². The van der Waals surface area contributed by atoms with E-state index in [0.29, 0.717) is 12.8 Å². The van der Waals surface area contributed by atoms with Gasteiger partial charge in [-0.05, 0) is 47.1 Å². The van der Waals surface area contributed by atoms with E-state index >= 15 is 0 Å². The molecule has 0 heterocycles. The Morgan fingerprint density at radius 2 is 0.977 bits per heavy atom. The van der Waals surface area contributed by atoms with E-state index in [9.17, 15) is 19.8 Å². The second-order valence-corrected chi connectivity index (χ2v) is 14.1. The van der Waals surface area contributed by atoms with Crippen LogP contribution < -0.4 is 0 Å². The minimum atomic E-state index is -1.34. The number of hydrogen-bond acceptors (Lipinski definition) is 5. The first kappa shape index (κ1) is 42.4. The van der Waals surface area contributed by atoms with Crippen molar-refractivity contribution in [2.75, 3.05) is 6.61 Å². The molecule has 0 aliphatic rings. The Balaban J connectivity index is 4.20. The van der Waals surface area contributed by atoms with Gasteiger partial charge in [0.1, 0.15) is 17.7 Å². The molecule has 0 bridgehead atoms. The Morgan fingerprint density at radius 3 is 1.42 bits per heavy atom. The number of unbranched alkanes of at least 4 members (excludes halogenated alkanes) is 22. The maximum absolute atomic E-state index is 13.1. The molecule has 6 heteroatoms. The van der Waals surface area contributed by atoms with Crippen molar-refractivity contribution in [1.82, 2.24) is 0 Å². The lowest BCUT2D eigenvalue weighted by atomic mass is 9.93. The lowest BCUT2D eigenvalue weighted by Crippen LogP contribution is -2.29. The van der Waals surface area contributed by atoms with E-state index < -0.39 is 33.1 Å². The molecule has 0 radical (unpaired) electrons. The number of hydrogen-bond donors (Lipinski definition) is 3. The van der Waals surface area contributed by atoms with Gasteiger partial charge in [-0.2, -0.15) is 0 Å². The average molecular weight is 627 g/mol. The first-order valence-corrected chi connectivity index (χ1v) is 19.5. The van der Waals surface area contributed by atoms with Gasteiger partial charge in [-0.1, -0.05) is 154 Å². The van der Waals surface area contributed by atoms with Crippen LogP contribution in [0.4, 0.5) is 0 Å². The van der Waals surface area contributed by atoms with E-state index in [2.05, 4.69) is 26.0 Å². The fourth-order valence-corrected chi connectivity index (χ4v) is 6.71. The van der Waals surface area contributed by atoms with Crippen LogP contribution in [0.3, 0.4) is 0 Å². The summed E-state index contributed by atoms with van der Waals surface area (Å²) in [5.74, 6) is -1.99. The van der Waals surface area contributed by atoms with Gasteiger partial charge in [0.25, 0.3) is 0 Å². The monoisotopic (exact) mass is 627 g/mol. The van der Waals surface area contributed by atoms with Gasteiger partial charge < -0.3 is 15.3 Å². The van der Waals surface area contributed by atoms with Crippen LogP contribution in [0, 0.1) is 5.92 Å². The predicted molar refractivity (Wildman–Crippen MR) is 186 cm³/mol. The highest BCUT2D eigenvalue weighted by Crippen LogP contribution is 2.30. The van der Waals surface area contributed by atoms with Gasteiger partial charge in [-0.25, -0.2) is 0 Å². The molecule has 0 aromatic heterocycles. The third-order valence-corrected chi connectivity index (χ3v) is 9.89. The molecule has 0 saturated heterocycles. The van der Waals surface area contributed by atoms with Crippen LogP contribution >= 0.6 is 8.58 Å². The van der Waals surface area contributed by atoms with Crippen molar-refractivity contribution in [2.45, 2.75) is 199 Å². The topological polar surface area (TPSA) is 94.8 Å². The SMILES string of the molecule is CCCCCCCCC=CCCCCCCCC(=O)C(CCCCCCCCCCCCCC)C(=O)PC(O)C(O)CO. The number of carbonyl (C=O) groups is 2. The van der Waals surface area contributed by atoms with Crippen LogP contribution in [0.25, 0.3) is 0 Å². The van der Waals surface area contributed by atoms with Crippen LogP contribution in [-0.2, 0) is 9.59 Å². The van der Waals surface area contributed by atoms with Crippen molar-refractivity contribution >= 4 is 19.9 Å². The number of Topliss-reactive ketones (excluding diaryl/α,β-unsaturated/α-hetero) is 1. The number of allylic oxidation sites excluding steroid dienone is 2. The molecule has 0 rings (SSSR count). The zero-order chi connectivity index (χ0) is 31.8. The van der Waals surface area contributed by atoms with E-state index in [0.717, 1.165) is 44.9 Å². The fourth-order valence-electron chi connectivity index (χ4n) is 5.61. The van der Waals surface area contributed by atoms with Gasteiger partial charge in [0.05, 0.1) is 12.5 Å². The van der Waals surface area contributed by atoms with Gasteiger partial charge >= 0.3 is 0 Å². The van der Waals surface area contributed by atoms with Gasteiger partial charge in [0.15, 0.2) is 5.52 Å². The number of carbonyl (C=O) groups excluding carboxylic acids is 2. The van der Waals surface area contributed by atoms with Crippen molar-refractivity contribution in [3.05, 3.63) is 12.2 Å². The lowest BCUT2D eigenvalue weighted by molar-refractivity contribution is -0.129. The fraction of sp³-hybridized carbons (Fsp3) is 0.892. The highest BCUT2D eigenvalue weighted by molar-refractivity contribution is 7.58. The van der Waals surface area contributed by atoms with E-state index in [1.165, 1.54) is 116 Å². The highest BCUT2D eigenvalue weighted by atomic mass is 31.1. The largest absolute Gasteiger partial charge is 0.394 e. The van der Waals surface area contributed by atoms with Gasteiger partial charge in [0, 0.05) is 6.42 Å². The first-order chi connectivity index (χ1) is 21.0. The molecule has 0 aromatic rings. The summed E-state index contributed by atoms with van der Waals surface area (Å²) in [6.45, 7) is 3.92. The summed E-state index contributed by atoms with van der Waals surface area (Å²) in [6, 6.07) is 0. The normalized spacial score (nSPS) is 14.2. The minimum Gasteiger partial charge on any atom is -0.394 e. The lowest BCUT2D eigenvalue weighted by Gasteiger charge is -2.19. The van der Waals surface area contributed by atoms with Crippen LogP contribution in [0.5, 0.6) is 0 Å². The number of ketones is 1. The van der Waals surface area contributed by atoms with E-state index in [1.807, 2.05) is 0 Å². The average Bonchev–Trinajstić information content (AvgIpc) is 3.00. The van der Waals surface area contributed by atoms with Crippen molar-refractivity contribution in [3.63, 3.8) is 0 Å². The van der Waals surface area contributed by atoms with Crippen molar-refractivity contribution < 1.29 is 24.9 Å². The summed E-state index contributed by atoms with van der Waals surface area (Å²) < 4.78 is 0. The molecule has 0 spiro atoms. The molecule has 254 valence electrons. The molecule has 4 unspecified atom stereocenters. The van der Waals surface area contributed by atoms with E-state index in [1.54, 1.807) is 0 Å². The van der Waals surface area contributed by atoms with E-state index in [4.69, 9.17) is 5.11 Å². The predicted octanol–water partition coefficient (Wildman–Crippen LogP) is 10.2. The summed E-state index contributed by atoms with van der Waals surface area (Å²) in [5.41, 5.74) is -0.263. The Morgan fingerprint density at radius 1 is 0.581 bits per heavy atom. The molecular weight excluding hydrogens is 555 g/mol. The highest BCUT2D eigenvalue weighted by Gasteiger charge is 2.29. The quantitative estimate of drug-likeness (QED) is 0.0286. The molecule has 43 heavy (non-hydrogen) atoms. The summed E-state index contributed by atoms with van der Waals surface area (Å²) in [6.07, 6.45) is 34.7. The first-order valence-electron chi connectivity index (χ1n) is 18.4. The van der Waals surface area contributed by atoms with Gasteiger partial charge in [-0.15, -0.1) is 0 Å². The number of aliphatic hydroxyl groups is 3. The maximum atomic E-state index is 13.1. The Bertz CT molecular complexity index is 653. The molecule has 0 aliphatic carbocycles. The molecule has 0 aliphatic heterocycles. The molecule has 5 nitrogen and oxygen atoms in total. The Kier molecular flexibility index (Phi) is 32.3. The summed E-state index contributed by atoms with van der Waals surface area (Å²) in [5, 5.41) is 28.9. The van der Waals surface area contributed by atoms with E-state index in [-0.39, 0.29) is 11.3 Å². The van der Waals surface area contributed by atoms with Crippen LogP contribution in [0.2, 0.25) is 0 Å². The van der Waals surface area contributed by atoms with Crippen molar-refractivity contribution in [1.29, 1.82) is 0 Å². The van der Waals surface area contributed by atoms with Crippen LogP contribution in [0.1, 0.15) is 187 Å². The number of rotatable bonds is 34. The van der Waals surface area contributed by atoms with Crippen LogP contribution in [0.15, 0.2) is 12.2 Å². The second-order valence-electron chi connectivity index (χ2n) is 12.7. The Labute approximate surface area is 268 Å². The molecule has 4 atom stereocenters. The third-order valence-electron chi connectivity index (χ3n) is 8.58. The third kappa shape index (κ3) is 27.4. The zero-order valence-corrected chi connectivity index (χ0v) is 29.3. The van der Waals surface area contributed by atoms with Crippen molar-refractivity contribution in [3.8, 4) is 0 Å². The molecule has 0 saturated carbocycles. The number of aliphatic hydroxyl groups excluding tert-OH is 3. The Hall–Kier alpha value is -0.610. The standard InChI is InChI=1S/C37H71O5P/c1-3-5-7-9-11-13-15-17-18-19-21-23-25-27-29-31-34(39)33(36(41)43-37(42)35(40)32-38)30-28-26-24-22-20-16-14-12-10-8-6-4-2/h17-18,33,35,37-38,40,42-43H,3-16,19-32H2,1-2H3. The van der Waals surface area contributed by atoms with Gasteiger partial charge in [0.2, 0.25) is 0 Å². The van der Waals surface area contributed by atoms with Crippen molar-refractivity contribution in [2.24, 2.45) is 5.92 Å². The second kappa shape index (κ2) is 32.8. The molecule has 0 fully saturated rings. The summed E-state index contributed by atoms with van der Waals surface area (Å²) in [7, 11) is -0.565. The summed E-state index contributed by atoms with van der Waals surface area (Å²) in [4.78, 5) is 26.0. The molecular formula is C37H71O5P. The maximum Gasteiger partial charge on any atom is 0.164 e. The molecule has 0 amide bonds. The zero-order valence-electron chi connectivity index (χ0n) is 28.3. The smallest absolute Gasteiger partial charge is 0.164 e. The molecule has 3 N–H and O–H groups in total. The minimum absolute atomic E-state index is 0.0103. The summed E-state index contributed by atoms with van der Waals surface area (Å²) >= 11 is 0. The molecule has 0 aromatic carbocycles.